The zero-order valence-electron chi connectivity index (χ0n) is 13.2. The van der Waals surface area contributed by atoms with Gasteiger partial charge in [0.1, 0.15) is 12.0 Å². The lowest BCUT2D eigenvalue weighted by atomic mass is 10.0. The van der Waals surface area contributed by atoms with Crippen LogP contribution in [-0.2, 0) is 4.79 Å². The van der Waals surface area contributed by atoms with Crippen molar-refractivity contribution in [2.75, 3.05) is 5.43 Å². The van der Waals surface area contributed by atoms with Gasteiger partial charge in [0, 0.05) is 11.8 Å². The molecule has 1 aliphatic heterocycles. The highest BCUT2D eigenvalue weighted by molar-refractivity contribution is 6.44. The van der Waals surface area contributed by atoms with Crippen LogP contribution in [0.3, 0.4) is 0 Å². The highest BCUT2D eigenvalue weighted by Crippen LogP contribution is 2.18. The van der Waals surface area contributed by atoms with Crippen LogP contribution in [0.25, 0.3) is 10.9 Å². The quantitative estimate of drug-likeness (QED) is 0.721. The highest BCUT2D eigenvalue weighted by atomic mass is 16.2. The van der Waals surface area contributed by atoms with Crippen molar-refractivity contribution in [3.8, 4) is 0 Å². The first kappa shape index (κ1) is 14.9. The Morgan fingerprint density at radius 1 is 1.00 bits per heavy atom. The molecule has 1 aromatic heterocycles. The standard InChI is InChI=1S/C18H14N6O/c25-18-16(10-15(21-24-18)12-6-2-1-3-7-12)22-23-17-13-8-4-5-9-14(13)19-11-20-17/h1-9,11H,10H2,(H,24,25)(H,19,20,23)/b22-16+. The molecular weight excluding hydrogens is 316 g/mol. The summed E-state index contributed by atoms with van der Waals surface area (Å²) in [4.78, 5) is 20.4. The van der Waals surface area contributed by atoms with Gasteiger partial charge >= 0.3 is 0 Å². The van der Waals surface area contributed by atoms with Gasteiger partial charge < -0.3 is 0 Å². The van der Waals surface area contributed by atoms with Crippen molar-refractivity contribution in [2.45, 2.75) is 6.42 Å². The van der Waals surface area contributed by atoms with Gasteiger partial charge in [0.15, 0.2) is 5.82 Å². The first-order chi connectivity index (χ1) is 12.3. The molecular formula is C18H14N6O. The van der Waals surface area contributed by atoms with Crippen LogP contribution in [0.4, 0.5) is 5.82 Å². The minimum Gasteiger partial charge on any atom is -0.266 e. The fourth-order valence-electron chi connectivity index (χ4n) is 2.56. The maximum absolute atomic E-state index is 12.0. The van der Waals surface area contributed by atoms with Crippen LogP contribution in [0.5, 0.6) is 0 Å². The Labute approximate surface area is 143 Å². The number of carbonyl (C=O) groups excluding carboxylic acids is 1. The predicted molar refractivity (Wildman–Crippen MR) is 96.3 cm³/mol. The van der Waals surface area contributed by atoms with Crippen LogP contribution < -0.4 is 10.9 Å². The fourth-order valence-corrected chi connectivity index (χ4v) is 2.56. The average molecular weight is 330 g/mol. The molecule has 2 heterocycles. The number of rotatable bonds is 3. The number of anilines is 1. The molecule has 7 heteroatoms. The summed E-state index contributed by atoms with van der Waals surface area (Å²) >= 11 is 0. The Morgan fingerprint density at radius 2 is 1.80 bits per heavy atom. The number of benzene rings is 2. The van der Waals surface area contributed by atoms with Crippen molar-refractivity contribution in [3.63, 3.8) is 0 Å². The monoisotopic (exact) mass is 330 g/mol. The fraction of sp³-hybridized carbons (Fsp3) is 0.0556. The van der Waals surface area contributed by atoms with E-state index in [2.05, 4.69) is 31.0 Å². The van der Waals surface area contributed by atoms with Crippen molar-refractivity contribution in [1.29, 1.82) is 0 Å². The number of amides is 1. The lowest BCUT2D eigenvalue weighted by Crippen LogP contribution is -2.35. The number of hydrazone groups is 2. The van der Waals surface area contributed by atoms with Gasteiger partial charge in [0.25, 0.3) is 5.91 Å². The molecule has 4 rings (SSSR count). The molecule has 0 fully saturated rings. The van der Waals surface area contributed by atoms with Crippen molar-refractivity contribution in [3.05, 3.63) is 66.5 Å². The molecule has 0 bridgehead atoms. The van der Waals surface area contributed by atoms with E-state index in [0.717, 1.165) is 22.2 Å². The molecule has 3 aromatic rings. The summed E-state index contributed by atoms with van der Waals surface area (Å²) in [5.74, 6) is 0.222. The number of hydrogen-bond donors (Lipinski definition) is 2. The zero-order valence-corrected chi connectivity index (χ0v) is 13.2. The van der Waals surface area contributed by atoms with Gasteiger partial charge in [-0.1, -0.05) is 42.5 Å². The molecule has 122 valence electrons. The number of hydrogen-bond acceptors (Lipinski definition) is 6. The van der Waals surface area contributed by atoms with E-state index < -0.39 is 0 Å². The van der Waals surface area contributed by atoms with Gasteiger partial charge in [-0.2, -0.15) is 10.2 Å². The molecule has 0 aliphatic carbocycles. The van der Waals surface area contributed by atoms with E-state index in [0.29, 0.717) is 18.0 Å². The van der Waals surface area contributed by atoms with E-state index in [1.54, 1.807) is 0 Å². The summed E-state index contributed by atoms with van der Waals surface area (Å²) < 4.78 is 0. The molecule has 7 nitrogen and oxygen atoms in total. The molecule has 0 radical (unpaired) electrons. The second kappa shape index (κ2) is 6.48. The molecule has 25 heavy (non-hydrogen) atoms. The molecule has 0 saturated heterocycles. The van der Waals surface area contributed by atoms with E-state index >= 15 is 0 Å². The number of nitrogens with zero attached hydrogens (tertiary/aromatic N) is 4. The Hall–Kier alpha value is -3.61. The second-order valence-electron chi connectivity index (χ2n) is 5.45. The topological polar surface area (TPSA) is 91.6 Å². The normalized spacial score (nSPS) is 15.8. The summed E-state index contributed by atoms with van der Waals surface area (Å²) in [7, 11) is 0. The summed E-state index contributed by atoms with van der Waals surface area (Å²) in [6.45, 7) is 0. The maximum Gasteiger partial charge on any atom is 0.287 e. The smallest absolute Gasteiger partial charge is 0.266 e. The van der Waals surface area contributed by atoms with Crippen LogP contribution in [0.1, 0.15) is 12.0 Å². The Morgan fingerprint density at radius 3 is 2.68 bits per heavy atom. The lowest BCUT2D eigenvalue weighted by molar-refractivity contribution is -0.115. The minimum absolute atomic E-state index is 0.328. The van der Waals surface area contributed by atoms with Crippen LogP contribution in [0.2, 0.25) is 0 Å². The molecule has 0 saturated carbocycles. The van der Waals surface area contributed by atoms with Crippen molar-refractivity contribution in [1.82, 2.24) is 15.4 Å². The molecule has 2 aromatic carbocycles. The summed E-state index contributed by atoms with van der Waals surface area (Å²) in [6.07, 6.45) is 1.80. The lowest BCUT2D eigenvalue weighted by Gasteiger charge is -2.14. The van der Waals surface area contributed by atoms with Gasteiger partial charge in [-0.15, -0.1) is 0 Å². The highest BCUT2D eigenvalue weighted by Gasteiger charge is 2.21. The third-order valence-electron chi connectivity index (χ3n) is 3.84. The van der Waals surface area contributed by atoms with Gasteiger partial charge in [-0.25, -0.2) is 15.4 Å². The number of fused-ring (bicyclic) bond motifs is 1. The van der Waals surface area contributed by atoms with Crippen molar-refractivity contribution < 1.29 is 4.79 Å². The Bertz CT molecular complexity index is 991. The van der Waals surface area contributed by atoms with E-state index in [4.69, 9.17) is 0 Å². The van der Waals surface area contributed by atoms with Gasteiger partial charge in [-0.3, -0.25) is 10.2 Å². The third kappa shape index (κ3) is 3.07. The number of aromatic nitrogens is 2. The molecule has 1 aliphatic rings. The maximum atomic E-state index is 12.0. The SMILES string of the molecule is O=C1NN=C(c2ccccc2)C/C1=N\Nc1ncnc2ccccc12. The first-order valence-corrected chi connectivity index (χ1v) is 7.76. The number of carbonyl (C=O) groups is 1. The van der Waals surface area contributed by atoms with Crippen LogP contribution in [0, 0.1) is 0 Å². The van der Waals surface area contributed by atoms with Crippen molar-refractivity contribution in [2.24, 2.45) is 10.2 Å². The first-order valence-electron chi connectivity index (χ1n) is 7.76. The second-order valence-corrected chi connectivity index (χ2v) is 5.45. The van der Waals surface area contributed by atoms with E-state index in [-0.39, 0.29) is 5.91 Å². The minimum atomic E-state index is -0.328. The van der Waals surface area contributed by atoms with Crippen LogP contribution in [-0.4, -0.2) is 27.3 Å². The largest absolute Gasteiger partial charge is 0.287 e. The van der Waals surface area contributed by atoms with Crippen LogP contribution >= 0.6 is 0 Å². The number of nitrogens with one attached hydrogen (secondary N) is 2. The molecule has 2 N–H and O–H groups in total. The molecule has 1 amide bonds. The summed E-state index contributed by atoms with van der Waals surface area (Å²) in [5.41, 5.74) is 8.23. The van der Waals surface area contributed by atoms with E-state index in [9.17, 15) is 4.79 Å². The van der Waals surface area contributed by atoms with Gasteiger partial charge in [0.2, 0.25) is 0 Å². The van der Waals surface area contributed by atoms with E-state index in [1.165, 1.54) is 6.33 Å². The third-order valence-corrected chi connectivity index (χ3v) is 3.84. The Kier molecular flexibility index (Phi) is 3.88. The Balaban J connectivity index is 1.60. The van der Waals surface area contributed by atoms with Crippen LogP contribution in [0.15, 0.2) is 71.1 Å². The molecule has 0 spiro atoms. The van der Waals surface area contributed by atoms with E-state index in [1.807, 2.05) is 54.6 Å². The average Bonchev–Trinajstić information content (AvgIpc) is 2.68. The predicted octanol–water partition coefficient (Wildman–Crippen LogP) is 2.32. The van der Waals surface area contributed by atoms with Gasteiger partial charge in [0.05, 0.1) is 11.2 Å². The summed E-state index contributed by atoms with van der Waals surface area (Å²) in [6, 6.07) is 17.3. The molecule has 0 atom stereocenters. The molecule has 0 unspecified atom stereocenters. The van der Waals surface area contributed by atoms with Crippen molar-refractivity contribution >= 4 is 34.1 Å². The zero-order chi connectivity index (χ0) is 17.1. The summed E-state index contributed by atoms with van der Waals surface area (Å²) in [5, 5.41) is 9.20. The number of para-hydroxylation sites is 1. The van der Waals surface area contributed by atoms with Gasteiger partial charge in [-0.05, 0) is 17.7 Å².